The highest BCUT2D eigenvalue weighted by molar-refractivity contribution is 5.90. The topological polar surface area (TPSA) is 54.0 Å². The Balaban J connectivity index is 2.14. The SMILES string of the molecule is COCO[C@@H]1C[C@@](C)(OCCF)C(=O)[C@H](C)C23CC[C@@H](C)[C@]1(C)C2[C@H](OC)CC3. The maximum absolute atomic E-state index is 13.8. The molecule has 3 rings (SSSR count). The molecule has 6 heteroatoms. The summed E-state index contributed by atoms with van der Waals surface area (Å²) in [6, 6.07) is 0. The molecule has 0 aliphatic heterocycles. The monoisotopic (exact) mass is 414 g/mol. The van der Waals surface area contributed by atoms with Crippen molar-refractivity contribution >= 4 is 5.78 Å². The summed E-state index contributed by atoms with van der Waals surface area (Å²) in [6.07, 6.45) is 4.29. The fraction of sp³-hybridized carbons (Fsp3) is 0.957. The number of hydrogen-bond acceptors (Lipinski definition) is 5. The fourth-order valence-corrected chi connectivity index (χ4v) is 7.16. The van der Waals surface area contributed by atoms with Crippen LogP contribution < -0.4 is 0 Å². The molecule has 2 bridgehead atoms. The molecule has 3 saturated carbocycles. The van der Waals surface area contributed by atoms with E-state index in [2.05, 4.69) is 20.8 Å². The normalized spacial score (nSPS) is 47.6. The van der Waals surface area contributed by atoms with E-state index in [0.29, 0.717) is 12.3 Å². The Morgan fingerprint density at radius 3 is 2.45 bits per heavy atom. The minimum Gasteiger partial charge on any atom is -0.381 e. The van der Waals surface area contributed by atoms with Crippen molar-refractivity contribution in [2.75, 3.05) is 34.3 Å². The smallest absolute Gasteiger partial charge is 0.167 e. The van der Waals surface area contributed by atoms with Gasteiger partial charge >= 0.3 is 0 Å². The Hall–Kier alpha value is -0.560. The number of carbonyl (C=O) groups is 1. The van der Waals surface area contributed by atoms with Gasteiger partial charge in [-0.3, -0.25) is 4.79 Å². The lowest BCUT2D eigenvalue weighted by atomic mass is 9.45. The van der Waals surface area contributed by atoms with Crippen LogP contribution in [0.3, 0.4) is 0 Å². The van der Waals surface area contributed by atoms with Crippen molar-refractivity contribution in [1.29, 1.82) is 0 Å². The molecular weight excluding hydrogens is 375 g/mol. The summed E-state index contributed by atoms with van der Waals surface area (Å²) in [5.74, 6) is 0.558. The highest BCUT2D eigenvalue weighted by Crippen LogP contribution is 2.68. The molecule has 0 amide bonds. The molecular formula is C23H39FO5. The molecule has 3 aliphatic rings. The van der Waals surface area contributed by atoms with Crippen molar-refractivity contribution in [3.63, 3.8) is 0 Å². The van der Waals surface area contributed by atoms with Crippen LogP contribution in [0, 0.1) is 28.6 Å². The molecule has 2 unspecified atom stereocenters. The van der Waals surface area contributed by atoms with E-state index in [1.54, 1.807) is 14.2 Å². The van der Waals surface area contributed by atoms with Crippen LogP contribution in [0.5, 0.6) is 0 Å². The zero-order valence-corrected chi connectivity index (χ0v) is 19.0. The number of methoxy groups -OCH3 is 2. The molecule has 0 radical (unpaired) electrons. The zero-order valence-electron chi connectivity index (χ0n) is 19.0. The molecule has 0 aromatic heterocycles. The van der Waals surface area contributed by atoms with E-state index in [-0.39, 0.29) is 54.1 Å². The van der Waals surface area contributed by atoms with Gasteiger partial charge in [0.2, 0.25) is 0 Å². The summed E-state index contributed by atoms with van der Waals surface area (Å²) in [5.41, 5.74) is -1.39. The van der Waals surface area contributed by atoms with Gasteiger partial charge in [-0.25, -0.2) is 4.39 Å². The maximum Gasteiger partial charge on any atom is 0.167 e. The number of rotatable bonds is 7. The standard InChI is InChI=1S/C23H39FO5/c1-15-7-9-23-10-8-17(27-6)19(23)22(15,4)18(28-14-26-5)13-21(3,29-12-11-24)20(25)16(23)2/h15-19H,7-14H2,1-6H3/t15-,16+,17-,18-,19?,21-,22+,23?/m1/s1. The molecule has 0 aromatic carbocycles. The first-order valence-electron chi connectivity index (χ1n) is 11.1. The molecule has 29 heavy (non-hydrogen) atoms. The van der Waals surface area contributed by atoms with Crippen molar-refractivity contribution in [3.8, 4) is 0 Å². The zero-order chi connectivity index (χ0) is 21.4. The van der Waals surface area contributed by atoms with Gasteiger partial charge in [0.15, 0.2) is 5.78 Å². The second-order valence-corrected chi connectivity index (χ2v) is 9.95. The van der Waals surface area contributed by atoms with Crippen molar-refractivity contribution < 1.29 is 28.1 Å². The van der Waals surface area contributed by atoms with Crippen LogP contribution in [0.1, 0.15) is 59.8 Å². The summed E-state index contributed by atoms with van der Waals surface area (Å²) in [7, 11) is 3.40. The summed E-state index contributed by atoms with van der Waals surface area (Å²) in [6.45, 7) is 7.99. The van der Waals surface area contributed by atoms with E-state index in [4.69, 9.17) is 18.9 Å². The van der Waals surface area contributed by atoms with Crippen LogP contribution in [0.25, 0.3) is 0 Å². The number of alkyl halides is 1. The second-order valence-electron chi connectivity index (χ2n) is 9.95. The first-order valence-corrected chi connectivity index (χ1v) is 11.1. The van der Waals surface area contributed by atoms with Gasteiger partial charge < -0.3 is 18.9 Å². The van der Waals surface area contributed by atoms with Crippen molar-refractivity contribution in [1.82, 2.24) is 0 Å². The van der Waals surface area contributed by atoms with E-state index >= 15 is 0 Å². The molecule has 0 saturated heterocycles. The van der Waals surface area contributed by atoms with Gasteiger partial charge in [-0.15, -0.1) is 0 Å². The van der Waals surface area contributed by atoms with Gasteiger partial charge in [-0.2, -0.15) is 0 Å². The maximum atomic E-state index is 13.8. The summed E-state index contributed by atoms with van der Waals surface area (Å²) >= 11 is 0. The molecule has 0 aromatic rings. The summed E-state index contributed by atoms with van der Waals surface area (Å²) in [5, 5.41) is 0. The predicted octanol–water partition coefficient (Wildman–Crippen LogP) is 4.18. The Morgan fingerprint density at radius 1 is 1.14 bits per heavy atom. The van der Waals surface area contributed by atoms with E-state index in [9.17, 15) is 9.18 Å². The number of halogens is 1. The lowest BCUT2D eigenvalue weighted by molar-refractivity contribution is -0.230. The first-order chi connectivity index (χ1) is 13.7. The number of ketones is 1. The van der Waals surface area contributed by atoms with Crippen molar-refractivity contribution in [3.05, 3.63) is 0 Å². The molecule has 8 atom stereocenters. The fourth-order valence-electron chi connectivity index (χ4n) is 7.16. The Kier molecular flexibility index (Phi) is 6.79. The molecule has 3 fully saturated rings. The molecule has 0 heterocycles. The average molecular weight is 415 g/mol. The Morgan fingerprint density at radius 2 is 1.83 bits per heavy atom. The molecule has 168 valence electrons. The number of carbonyl (C=O) groups excluding carboxylic acids is 1. The average Bonchev–Trinajstić information content (AvgIpc) is 3.11. The number of hydrogen-bond donors (Lipinski definition) is 0. The second kappa shape index (κ2) is 8.52. The highest BCUT2D eigenvalue weighted by Gasteiger charge is 2.68. The molecule has 0 N–H and O–H groups in total. The number of ether oxygens (including phenoxy) is 4. The van der Waals surface area contributed by atoms with Gasteiger partial charge in [0.05, 0.1) is 18.8 Å². The predicted molar refractivity (Wildman–Crippen MR) is 108 cm³/mol. The summed E-state index contributed by atoms with van der Waals surface area (Å²) < 4.78 is 36.4. The summed E-state index contributed by atoms with van der Waals surface area (Å²) in [4.78, 5) is 13.8. The minimum absolute atomic E-state index is 0.0741. The van der Waals surface area contributed by atoms with Gasteiger partial charge in [0.1, 0.15) is 19.1 Å². The van der Waals surface area contributed by atoms with Gasteiger partial charge in [0, 0.05) is 32.0 Å². The third kappa shape index (κ3) is 3.48. The van der Waals surface area contributed by atoms with Crippen molar-refractivity contribution in [2.24, 2.45) is 28.6 Å². The van der Waals surface area contributed by atoms with E-state index in [0.717, 1.165) is 25.7 Å². The van der Waals surface area contributed by atoms with Gasteiger partial charge in [-0.05, 0) is 49.9 Å². The highest BCUT2D eigenvalue weighted by atomic mass is 19.1. The van der Waals surface area contributed by atoms with Crippen LogP contribution in [0.15, 0.2) is 0 Å². The van der Waals surface area contributed by atoms with Crippen LogP contribution >= 0.6 is 0 Å². The van der Waals surface area contributed by atoms with E-state index in [1.807, 2.05) is 6.92 Å². The van der Waals surface area contributed by atoms with Crippen LogP contribution in [0.2, 0.25) is 0 Å². The van der Waals surface area contributed by atoms with Crippen LogP contribution in [0.4, 0.5) is 4.39 Å². The number of Topliss-reactive ketones (excluding diaryl/α,β-unsaturated/α-hetero) is 1. The van der Waals surface area contributed by atoms with Gasteiger partial charge in [-0.1, -0.05) is 20.8 Å². The first kappa shape index (κ1) is 23.1. The molecule has 5 nitrogen and oxygen atoms in total. The van der Waals surface area contributed by atoms with E-state index < -0.39 is 12.3 Å². The minimum atomic E-state index is -1.06. The third-order valence-electron chi connectivity index (χ3n) is 8.89. The third-order valence-corrected chi connectivity index (χ3v) is 8.89. The Labute approximate surface area is 175 Å². The largest absolute Gasteiger partial charge is 0.381 e. The lowest BCUT2D eigenvalue weighted by Gasteiger charge is -2.62. The Bertz CT molecular complexity index is 600. The van der Waals surface area contributed by atoms with Crippen molar-refractivity contribution in [2.45, 2.75) is 77.6 Å². The van der Waals surface area contributed by atoms with E-state index in [1.165, 1.54) is 0 Å². The van der Waals surface area contributed by atoms with Gasteiger partial charge in [0.25, 0.3) is 0 Å². The van der Waals surface area contributed by atoms with Crippen LogP contribution in [-0.4, -0.2) is 57.9 Å². The lowest BCUT2D eigenvalue weighted by Crippen LogP contribution is -2.64. The van der Waals surface area contributed by atoms with Crippen LogP contribution in [-0.2, 0) is 23.7 Å². The quantitative estimate of drug-likeness (QED) is 0.585. The molecule has 0 spiro atoms. The molecule has 3 aliphatic carbocycles.